The summed E-state index contributed by atoms with van der Waals surface area (Å²) >= 11 is 0.670. The number of furan rings is 1. The van der Waals surface area contributed by atoms with Crippen molar-refractivity contribution in [3.8, 4) is 0 Å². The highest BCUT2D eigenvalue weighted by molar-refractivity contribution is 7.09. The van der Waals surface area contributed by atoms with Crippen molar-refractivity contribution in [1.82, 2.24) is 14.6 Å². The second-order valence-electron chi connectivity index (χ2n) is 8.39. The van der Waals surface area contributed by atoms with Gasteiger partial charge in [0.1, 0.15) is 28.0 Å². The molecule has 5 N–H and O–H groups in total. The van der Waals surface area contributed by atoms with Crippen LogP contribution in [-0.4, -0.2) is 27.0 Å². The first-order chi connectivity index (χ1) is 18.1. The average molecular weight is 540 g/mol. The number of aryl methyl sites for hydroxylation is 1. The van der Waals surface area contributed by atoms with Gasteiger partial charge in [-0.25, -0.2) is 8.78 Å². The highest BCUT2D eigenvalue weighted by Crippen LogP contribution is 2.31. The third-order valence-electron chi connectivity index (χ3n) is 5.65. The molecule has 0 unspecified atom stereocenters. The van der Waals surface area contributed by atoms with E-state index >= 15 is 0 Å². The standard InChI is InChI=1S/C26H23F2N5O4S/c1-14-2-11-19(37-14)22(25(35)31-12-15-3-7-17(27)8-4-15)33(13-16-5-9-18(28)10-6-16)26(36)23-20(29)21(24(30)34)32-38-23/h2-11,22H,12-13,29H2,1H3,(H2,30,34)(H,31,35)/t22-/m0/s1. The fraction of sp³-hybridized carbons (Fsp3) is 0.154. The molecule has 2 aromatic heterocycles. The van der Waals surface area contributed by atoms with E-state index < -0.39 is 35.4 Å². The van der Waals surface area contributed by atoms with Crippen molar-refractivity contribution >= 4 is 34.9 Å². The number of anilines is 1. The molecule has 0 saturated heterocycles. The van der Waals surface area contributed by atoms with Gasteiger partial charge in [0.05, 0.1) is 5.69 Å². The Kier molecular flexibility index (Phi) is 7.82. The third kappa shape index (κ3) is 5.86. The number of nitrogens with one attached hydrogen (secondary N) is 1. The van der Waals surface area contributed by atoms with Gasteiger partial charge in [-0.15, -0.1) is 0 Å². The van der Waals surface area contributed by atoms with Gasteiger partial charge < -0.3 is 26.1 Å². The van der Waals surface area contributed by atoms with Crippen LogP contribution < -0.4 is 16.8 Å². The van der Waals surface area contributed by atoms with Crippen molar-refractivity contribution in [2.45, 2.75) is 26.1 Å². The van der Waals surface area contributed by atoms with Crippen LogP contribution in [0.15, 0.2) is 65.1 Å². The third-order valence-corrected chi connectivity index (χ3v) is 6.50. The van der Waals surface area contributed by atoms with E-state index in [1.54, 1.807) is 19.1 Å². The van der Waals surface area contributed by atoms with E-state index in [0.29, 0.717) is 28.4 Å². The van der Waals surface area contributed by atoms with Crippen molar-refractivity contribution in [1.29, 1.82) is 0 Å². The molecule has 12 heteroatoms. The minimum atomic E-state index is -1.29. The summed E-state index contributed by atoms with van der Waals surface area (Å²) in [6.07, 6.45) is 0. The van der Waals surface area contributed by atoms with Gasteiger partial charge >= 0.3 is 0 Å². The normalized spacial score (nSPS) is 11.7. The maximum absolute atomic E-state index is 13.8. The zero-order valence-corrected chi connectivity index (χ0v) is 20.9. The Balaban J connectivity index is 1.74. The number of nitrogens with two attached hydrogens (primary N) is 2. The molecule has 4 aromatic rings. The van der Waals surface area contributed by atoms with Crippen LogP contribution >= 0.6 is 11.5 Å². The first kappa shape index (κ1) is 26.5. The molecule has 0 fully saturated rings. The molecule has 1 atom stereocenters. The first-order valence-electron chi connectivity index (χ1n) is 11.3. The lowest BCUT2D eigenvalue weighted by Gasteiger charge is -2.29. The van der Waals surface area contributed by atoms with E-state index in [1.807, 2.05) is 0 Å². The van der Waals surface area contributed by atoms with Crippen molar-refractivity contribution in [3.05, 3.63) is 106 Å². The van der Waals surface area contributed by atoms with E-state index in [4.69, 9.17) is 15.9 Å². The van der Waals surface area contributed by atoms with Crippen molar-refractivity contribution < 1.29 is 27.6 Å². The number of nitrogens with zero attached hydrogens (tertiary/aromatic N) is 2. The summed E-state index contributed by atoms with van der Waals surface area (Å²) in [5.41, 5.74) is 12.0. The number of halogens is 2. The Morgan fingerprint density at radius 3 is 2.13 bits per heavy atom. The van der Waals surface area contributed by atoms with Crippen LogP contribution in [0.5, 0.6) is 0 Å². The minimum absolute atomic E-state index is 0.0441. The molecule has 4 rings (SSSR count). The molecule has 2 aromatic carbocycles. The van der Waals surface area contributed by atoms with Gasteiger partial charge in [0.2, 0.25) is 0 Å². The lowest BCUT2D eigenvalue weighted by Crippen LogP contribution is -2.43. The minimum Gasteiger partial charge on any atom is -0.464 e. The summed E-state index contributed by atoms with van der Waals surface area (Å²) < 4.78 is 36.5. The maximum Gasteiger partial charge on any atom is 0.270 e. The number of primary amides is 1. The second kappa shape index (κ2) is 11.2. The van der Waals surface area contributed by atoms with E-state index in [9.17, 15) is 23.2 Å². The van der Waals surface area contributed by atoms with Crippen LogP contribution in [0.2, 0.25) is 0 Å². The highest BCUT2D eigenvalue weighted by atomic mass is 32.1. The van der Waals surface area contributed by atoms with Gasteiger partial charge in [0.15, 0.2) is 11.7 Å². The zero-order chi connectivity index (χ0) is 27.4. The second-order valence-corrected chi connectivity index (χ2v) is 9.17. The Hall–Kier alpha value is -4.58. The molecule has 0 spiro atoms. The predicted molar refractivity (Wildman–Crippen MR) is 136 cm³/mol. The quantitative estimate of drug-likeness (QED) is 0.296. The number of amides is 3. The van der Waals surface area contributed by atoms with E-state index in [-0.39, 0.29) is 35.1 Å². The number of benzene rings is 2. The summed E-state index contributed by atoms with van der Waals surface area (Å²) in [5, 5.41) is 2.75. The molecule has 38 heavy (non-hydrogen) atoms. The summed E-state index contributed by atoms with van der Waals surface area (Å²) in [6.45, 7) is 1.59. The Bertz CT molecular complexity index is 1470. The number of rotatable bonds is 9. The molecule has 0 bridgehead atoms. The van der Waals surface area contributed by atoms with E-state index in [1.165, 1.54) is 53.4 Å². The maximum atomic E-state index is 13.8. The van der Waals surface area contributed by atoms with Crippen molar-refractivity contribution in [2.24, 2.45) is 5.73 Å². The largest absolute Gasteiger partial charge is 0.464 e. The number of hydrogen-bond donors (Lipinski definition) is 3. The molecule has 196 valence electrons. The lowest BCUT2D eigenvalue weighted by molar-refractivity contribution is -0.126. The van der Waals surface area contributed by atoms with Crippen molar-refractivity contribution in [3.63, 3.8) is 0 Å². The molecule has 9 nitrogen and oxygen atoms in total. The van der Waals surface area contributed by atoms with Crippen LogP contribution in [0.3, 0.4) is 0 Å². The van der Waals surface area contributed by atoms with Gasteiger partial charge in [0, 0.05) is 13.1 Å². The smallest absolute Gasteiger partial charge is 0.270 e. The number of carbonyl (C=O) groups excluding carboxylic acids is 3. The topological polar surface area (TPSA) is 145 Å². The van der Waals surface area contributed by atoms with Crippen LogP contribution in [-0.2, 0) is 17.9 Å². The van der Waals surface area contributed by atoms with Crippen LogP contribution in [0.25, 0.3) is 0 Å². The average Bonchev–Trinajstić information content (AvgIpc) is 3.49. The molecule has 0 aliphatic rings. The van der Waals surface area contributed by atoms with Crippen molar-refractivity contribution in [2.75, 3.05) is 5.73 Å². The van der Waals surface area contributed by atoms with Crippen LogP contribution in [0.1, 0.15) is 48.8 Å². The Morgan fingerprint density at radius 1 is 1.00 bits per heavy atom. The molecule has 3 amide bonds. The van der Waals surface area contributed by atoms with Crippen LogP contribution in [0.4, 0.5) is 14.5 Å². The highest BCUT2D eigenvalue weighted by Gasteiger charge is 2.36. The van der Waals surface area contributed by atoms with Gasteiger partial charge in [-0.1, -0.05) is 24.3 Å². The molecule has 0 radical (unpaired) electrons. The summed E-state index contributed by atoms with van der Waals surface area (Å²) in [6, 6.07) is 12.9. The molecule has 0 aliphatic carbocycles. The number of hydrogen-bond acceptors (Lipinski definition) is 7. The molecular weight excluding hydrogens is 516 g/mol. The van der Waals surface area contributed by atoms with E-state index in [2.05, 4.69) is 9.69 Å². The summed E-state index contributed by atoms with van der Waals surface area (Å²) in [4.78, 5) is 40.2. The number of nitrogen functional groups attached to an aromatic ring is 1. The number of aromatic nitrogens is 1. The summed E-state index contributed by atoms with van der Waals surface area (Å²) in [5.74, 6) is -2.45. The fourth-order valence-corrected chi connectivity index (χ4v) is 4.50. The fourth-order valence-electron chi connectivity index (χ4n) is 3.74. The zero-order valence-electron chi connectivity index (χ0n) is 20.1. The molecule has 2 heterocycles. The van der Waals surface area contributed by atoms with Gasteiger partial charge in [-0.2, -0.15) is 4.37 Å². The number of carbonyl (C=O) groups is 3. The predicted octanol–water partition coefficient (Wildman–Crippen LogP) is 3.70. The summed E-state index contributed by atoms with van der Waals surface area (Å²) in [7, 11) is 0. The Labute approximate surface area is 220 Å². The Morgan fingerprint density at radius 2 is 1.61 bits per heavy atom. The van der Waals surface area contributed by atoms with Crippen LogP contribution in [0, 0.1) is 18.6 Å². The van der Waals surface area contributed by atoms with Gasteiger partial charge in [0.25, 0.3) is 17.7 Å². The van der Waals surface area contributed by atoms with E-state index in [0.717, 1.165) is 0 Å². The van der Waals surface area contributed by atoms with Gasteiger partial charge in [-0.3, -0.25) is 14.4 Å². The first-order valence-corrected chi connectivity index (χ1v) is 12.1. The lowest BCUT2D eigenvalue weighted by atomic mass is 10.1. The molecule has 0 saturated carbocycles. The molecular formula is C26H23F2N5O4S. The SMILES string of the molecule is Cc1ccc([C@@H](C(=O)NCc2ccc(F)cc2)N(Cc2ccc(F)cc2)C(=O)c2snc(C(N)=O)c2N)o1. The molecule has 0 aliphatic heterocycles. The van der Waals surface area contributed by atoms with Gasteiger partial charge in [-0.05, 0) is 66.0 Å². The monoisotopic (exact) mass is 539 g/mol.